The Morgan fingerprint density at radius 1 is 1.33 bits per heavy atom. The van der Waals surface area contributed by atoms with Crippen molar-refractivity contribution in [2.45, 2.75) is 44.5 Å². The Morgan fingerprint density at radius 2 is 2.07 bits per heavy atom. The minimum Gasteiger partial charge on any atom is -0.380 e. The third-order valence-corrected chi connectivity index (χ3v) is 3.39. The molecule has 0 radical (unpaired) electrons. The van der Waals surface area contributed by atoms with Gasteiger partial charge in [0.2, 0.25) is 0 Å². The van der Waals surface area contributed by atoms with E-state index >= 15 is 0 Å². The van der Waals surface area contributed by atoms with Crippen molar-refractivity contribution in [3.8, 4) is 0 Å². The van der Waals surface area contributed by atoms with Crippen molar-refractivity contribution in [3.63, 3.8) is 0 Å². The number of rotatable bonds is 5. The summed E-state index contributed by atoms with van der Waals surface area (Å²) in [5, 5.41) is 0.147. The third kappa shape index (κ3) is 4.71. The predicted octanol–water partition coefficient (Wildman–Crippen LogP) is 2.75. The lowest BCUT2D eigenvalue weighted by atomic mass is 10.0. The summed E-state index contributed by atoms with van der Waals surface area (Å²) in [4.78, 5) is 2.37. The first-order valence-electron chi connectivity index (χ1n) is 6.03. The number of likely N-dealkylation sites (tertiary alicyclic amines) is 1. The zero-order valence-corrected chi connectivity index (χ0v) is 11.0. The molecule has 0 saturated carbocycles. The van der Waals surface area contributed by atoms with Gasteiger partial charge in [0.25, 0.3) is 0 Å². The van der Waals surface area contributed by atoms with E-state index in [2.05, 4.69) is 25.8 Å². The van der Waals surface area contributed by atoms with Crippen LogP contribution in [0.1, 0.15) is 33.1 Å². The van der Waals surface area contributed by atoms with Crippen molar-refractivity contribution in [2.75, 3.05) is 26.8 Å². The molecule has 2 unspecified atom stereocenters. The number of hydrogen-bond donors (Lipinski definition) is 0. The lowest BCUT2D eigenvalue weighted by Crippen LogP contribution is -2.44. The standard InChI is InChI=1S/C12H24ClNO/c1-10(2)8-15-9-11(13)12-6-4-5-7-14(12)3/h10-12H,4-9H2,1-3H3. The van der Waals surface area contributed by atoms with Gasteiger partial charge in [0.1, 0.15) is 0 Å². The van der Waals surface area contributed by atoms with Crippen molar-refractivity contribution in [1.82, 2.24) is 4.90 Å². The molecule has 15 heavy (non-hydrogen) atoms. The minimum absolute atomic E-state index is 0.147. The normalized spacial score (nSPS) is 25.8. The lowest BCUT2D eigenvalue weighted by molar-refractivity contribution is 0.0806. The average Bonchev–Trinajstić information content (AvgIpc) is 2.17. The first-order valence-corrected chi connectivity index (χ1v) is 6.47. The molecule has 0 aromatic carbocycles. The molecule has 0 N–H and O–H groups in total. The first-order chi connectivity index (χ1) is 7.11. The summed E-state index contributed by atoms with van der Waals surface area (Å²) >= 11 is 6.37. The van der Waals surface area contributed by atoms with E-state index in [-0.39, 0.29) is 5.38 Å². The minimum atomic E-state index is 0.147. The summed E-state index contributed by atoms with van der Waals surface area (Å²) in [5.74, 6) is 0.595. The highest BCUT2D eigenvalue weighted by Crippen LogP contribution is 2.21. The summed E-state index contributed by atoms with van der Waals surface area (Å²) < 4.78 is 5.60. The smallest absolute Gasteiger partial charge is 0.0724 e. The quantitative estimate of drug-likeness (QED) is 0.678. The molecular weight excluding hydrogens is 210 g/mol. The molecule has 1 aliphatic heterocycles. The molecule has 0 amide bonds. The van der Waals surface area contributed by atoms with Crippen LogP contribution < -0.4 is 0 Å². The fourth-order valence-corrected chi connectivity index (χ4v) is 2.49. The fourth-order valence-electron chi connectivity index (χ4n) is 2.09. The molecule has 0 aliphatic carbocycles. The van der Waals surface area contributed by atoms with Gasteiger partial charge in [0.05, 0.1) is 12.0 Å². The summed E-state index contributed by atoms with van der Waals surface area (Å²) in [7, 11) is 2.17. The Bertz CT molecular complexity index is 175. The van der Waals surface area contributed by atoms with Gasteiger partial charge in [0.15, 0.2) is 0 Å². The van der Waals surface area contributed by atoms with Gasteiger partial charge in [0, 0.05) is 12.6 Å². The van der Waals surface area contributed by atoms with Crippen LogP contribution in [-0.2, 0) is 4.74 Å². The zero-order chi connectivity index (χ0) is 11.3. The van der Waals surface area contributed by atoms with Crippen LogP contribution in [0.5, 0.6) is 0 Å². The van der Waals surface area contributed by atoms with E-state index in [9.17, 15) is 0 Å². The van der Waals surface area contributed by atoms with Crippen LogP contribution >= 0.6 is 11.6 Å². The Morgan fingerprint density at radius 3 is 2.67 bits per heavy atom. The van der Waals surface area contributed by atoms with Crippen LogP contribution in [0.4, 0.5) is 0 Å². The van der Waals surface area contributed by atoms with E-state index in [1.165, 1.54) is 25.8 Å². The van der Waals surface area contributed by atoms with E-state index in [1.807, 2.05) is 0 Å². The largest absolute Gasteiger partial charge is 0.380 e. The summed E-state index contributed by atoms with van der Waals surface area (Å²) in [6, 6.07) is 0.507. The Labute approximate surface area is 98.9 Å². The molecule has 1 saturated heterocycles. The number of hydrogen-bond acceptors (Lipinski definition) is 2. The molecule has 1 rings (SSSR count). The molecule has 1 aliphatic rings. The molecule has 3 heteroatoms. The molecule has 0 spiro atoms. The Hall–Kier alpha value is 0.210. The van der Waals surface area contributed by atoms with Crippen LogP contribution in [0.25, 0.3) is 0 Å². The van der Waals surface area contributed by atoms with Crippen LogP contribution in [0.3, 0.4) is 0 Å². The van der Waals surface area contributed by atoms with Crippen LogP contribution in [0.2, 0.25) is 0 Å². The molecule has 1 fully saturated rings. The van der Waals surface area contributed by atoms with Gasteiger partial charge in [-0.25, -0.2) is 0 Å². The topological polar surface area (TPSA) is 12.5 Å². The highest BCUT2D eigenvalue weighted by molar-refractivity contribution is 6.21. The molecule has 0 bridgehead atoms. The second-order valence-electron chi connectivity index (χ2n) is 4.99. The van der Waals surface area contributed by atoms with E-state index in [0.29, 0.717) is 18.6 Å². The number of alkyl halides is 1. The van der Waals surface area contributed by atoms with Gasteiger partial charge in [-0.05, 0) is 32.4 Å². The van der Waals surface area contributed by atoms with Gasteiger partial charge >= 0.3 is 0 Å². The van der Waals surface area contributed by atoms with E-state index in [1.54, 1.807) is 0 Å². The van der Waals surface area contributed by atoms with Crippen molar-refractivity contribution in [1.29, 1.82) is 0 Å². The predicted molar refractivity (Wildman–Crippen MR) is 65.6 cm³/mol. The monoisotopic (exact) mass is 233 g/mol. The zero-order valence-electron chi connectivity index (χ0n) is 10.2. The average molecular weight is 234 g/mol. The highest BCUT2D eigenvalue weighted by Gasteiger charge is 2.26. The maximum Gasteiger partial charge on any atom is 0.0724 e. The van der Waals surface area contributed by atoms with Crippen LogP contribution in [0, 0.1) is 5.92 Å². The second kappa shape index (κ2) is 6.72. The van der Waals surface area contributed by atoms with Gasteiger partial charge < -0.3 is 9.64 Å². The van der Waals surface area contributed by atoms with Gasteiger partial charge in [-0.3, -0.25) is 0 Å². The number of ether oxygens (including phenoxy) is 1. The summed E-state index contributed by atoms with van der Waals surface area (Å²) in [6.07, 6.45) is 3.83. The second-order valence-corrected chi connectivity index (χ2v) is 5.55. The van der Waals surface area contributed by atoms with Gasteiger partial charge in [-0.15, -0.1) is 11.6 Å². The van der Waals surface area contributed by atoms with E-state index in [0.717, 1.165) is 6.61 Å². The van der Waals surface area contributed by atoms with Gasteiger partial charge in [-0.1, -0.05) is 20.3 Å². The maximum atomic E-state index is 6.37. The van der Waals surface area contributed by atoms with Gasteiger partial charge in [-0.2, -0.15) is 0 Å². The molecule has 0 aromatic rings. The Kier molecular flexibility index (Phi) is 5.95. The fraction of sp³-hybridized carbons (Fsp3) is 1.00. The molecule has 2 atom stereocenters. The summed E-state index contributed by atoms with van der Waals surface area (Å²) in [5.41, 5.74) is 0. The number of halogens is 1. The molecular formula is C12H24ClNO. The molecule has 90 valence electrons. The van der Waals surface area contributed by atoms with Crippen molar-refractivity contribution >= 4 is 11.6 Å². The maximum absolute atomic E-state index is 6.37. The van der Waals surface area contributed by atoms with Crippen molar-refractivity contribution in [3.05, 3.63) is 0 Å². The first kappa shape index (κ1) is 13.3. The van der Waals surface area contributed by atoms with E-state index in [4.69, 9.17) is 16.3 Å². The molecule has 2 nitrogen and oxygen atoms in total. The van der Waals surface area contributed by atoms with E-state index < -0.39 is 0 Å². The number of piperidine rings is 1. The highest BCUT2D eigenvalue weighted by atomic mass is 35.5. The SMILES string of the molecule is CC(C)COCC(Cl)C1CCCCN1C. The third-order valence-electron chi connectivity index (χ3n) is 2.97. The lowest BCUT2D eigenvalue weighted by Gasteiger charge is -2.35. The van der Waals surface area contributed by atoms with Crippen LogP contribution in [0.15, 0.2) is 0 Å². The van der Waals surface area contributed by atoms with Crippen molar-refractivity contribution in [2.24, 2.45) is 5.92 Å². The Balaban J connectivity index is 2.22. The molecule has 1 heterocycles. The summed E-state index contributed by atoms with van der Waals surface area (Å²) in [6.45, 7) is 7.01. The number of nitrogens with zero attached hydrogens (tertiary/aromatic N) is 1. The van der Waals surface area contributed by atoms with Crippen LogP contribution in [-0.4, -0.2) is 43.1 Å². The van der Waals surface area contributed by atoms with Crippen molar-refractivity contribution < 1.29 is 4.74 Å². The molecule has 0 aromatic heterocycles.